The van der Waals surface area contributed by atoms with Crippen LogP contribution in [0.2, 0.25) is 5.02 Å². The van der Waals surface area contributed by atoms with Gasteiger partial charge in [0.1, 0.15) is 10.6 Å². The van der Waals surface area contributed by atoms with Gasteiger partial charge in [0.05, 0.1) is 5.02 Å². The van der Waals surface area contributed by atoms with Crippen LogP contribution in [0, 0.1) is 0 Å². The Balaban J connectivity index is 1.60. The Morgan fingerprint density at radius 2 is 1.68 bits per heavy atom. The number of hydrogen-bond donors (Lipinski definition) is 0. The van der Waals surface area contributed by atoms with Crippen molar-refractivity contribution in [3.05, 3.63) is 58.0 Å². The van der Waals surface area contributed by atoms with E-state index in [1.54, 1.807) is 42.2 Å². The molecule has 1 saturated heterocycles. The lowest BCUT2D eigenvalue weighted by Crippen LogP contribution is -2.53. The van der Waals surface area contributed by atoms with Gasteiger partial charge in [-0.1, -0.05) is 39.7 Å². The van der Waals surface area contributed by atoms with Crippen molar-refractivity contribution < 1.29 is 17.9 Å². The molecule has 3 rings (SSSR count). The number of hydrogen-bond acceptors (Lipinski definition) is 4. The fourth-order valence-electron chi connectivity index (χ4n) is 2.97. The molecule has 0 N–H and O–H groups in total. The van der Waals surface area contributed by atoms with Crippen LogP contribution in [0.5, 0.6) is 5.75 Å². The minimum absolute atomic E-state index is 0.0865. The van der Waals surface area contributed by atoms with E-state index < -0.39 is 16.1 Å². The van der Waals surface area contributed by atoms with Gasteiger partial charge in [-0.3, -0.25) is 4.79 Å². The molecule has 0 aliphatic carbocycles. The molecule has 0 aromatic heterocycles. The van der Waals surface area contributed by atoms with E-state index in [0.29, 0.717) is 18.8 Å². The molecule has 2 aromatic rings. The Morgan fingerprint density at radius 1 is 1.07 bits per heavy atom. The molecular formula is C19H20BrClN2O4S. The number of sulfonamides is 1. The zero-order chi connectivity index (χ0) is 20.3. The van der Waals surface area contributed by atoms with E-state index in [4.69, 9.17) is 16.3 Å². The molecule has 1 amide bonds. The summed E-state index contributed by atoms with van der Waals surface area (Å²) in [5, 5.41) is 0.192. The number of nitrogens with zero attached hydrogens (tertiary/aromatic N) is 2. The summed E-state index contributed by atoms with van der Waals surface area (Å²) < 4.78 is 33.6. The summed E-state index contributed by atoms with van der Waals surface area (Å²) in [6.45, 7) is 2.72. The summed E-state index contributed by atoms with van der Waals surface area (Å²) >= 11 is 9.40. The third-order valence-corrected chi connectivity index (χ3v) is 7.41. The molecule has 150 valence electrons. The summed E-state index contributed by atoms with van der Waals surface area (Å²) in [7, 11) is -3.69. The minimum Gasteiger partial charge on any atom is -0.481 e. The Bertz CT molecular complexity index is 945. The fraction of sp³-hybridized carbons (Fsp3) is 0.316. The minimum atomic E-state index is -3.69. The highest BCUT2D eigenvalue weighted by atomic mass is 79.9. The summed E-state index contributed by atoms with van der Waals surface area (Å²) in [5.41, 5.74) is 0. The monoisotopic (exact) mass is 486 g/mol. The van der Waals surface area contributed by atoms with Crippen molar-refractivity contribution in [2.24, 2.45) is 0 Å². The second-order valence-corrected chi connectivity index (χ2v) is 9.60. The highest BCUT2D eigenvalue weighted by Crippen LogP contribution is 2.25. The van der Waals surface area contributed by atoms with Crippen molar-refractivity contribution in [1.29, 1.82) is 0 Å². The predicted molar refractivity (Wildman–Crippen MR) is 111 cm³/mol. The predicted octanol–water partition coefficient (Wildman–Crippen LogP) is 3.40. The fourth-order valence-corrected chi connectivity index (χ4v) is 5.15. The Morgan fingerprint density at radius 3 is 2.29 bits per heavy atom. The van der Waals surface area contributed by atoms with E-state index in [-0.39, 0.29) is 28.9 Å². The molecule has 0 radical (unpaired) electrons. The molecule has 1 aliphatic heterocycles. The summed E-state index contributed by atoms with van der Waals surface area (Å²) in [6, 6.07) is 13.6. The van der Waals surface area contributed by atoms with Gasteiger partial charge in [0.2, 0.25) is 10.0 Å². The number of rotatable bonds is 5. The zero-order valence-corrected chi connectivity index (χ0v) is 18.4. The number of carbonyl (C=O) groups excluding carboxylic acids is 1. The van der Waals surface area contributed by atoms with E-state index in [0.717, 1.165) is 4.47 Å². The Hall–Kier alpha value is -1.61. The van der Waals surface area contributed by atoms with Crippen LogP contribution < -0.4 is 4.74 Å². The largest absolute Gasteiger partial charge is 0.481 e. The molecule has 1 heterocycles. The van der Waals surface area contributed by atoms with Crippen LogP contribution in [0.4, 0.5) is 0 Å². The standard InChI is InChI=1S/C19H20BrClN2O4S/c1-14(27-16-8-6-15(20)7-9-16)19(24)22-10-12-23(13-11-22)28(25,26)18-5-3-2-4-17(18)21/h2-9,14H,10-13H2,1H3. The number of halogens is 2. The number of piperazine rings is 1. The molecule has 6 nitrogen and oxygen atoms in total. The topological polar surface area (TPSA) is 66.9 Å². The van der Waals surface area contributed by atoms with Crippen molar-refractivity contribution in [2.45, 2.75) is 17.9 Å². The van der Waals surface area contributed by atoms with Crippen molar-refractivity contribution in [3.63, 3.8) is 0 Å². The van der Waals surface area contributed by atoms with E-state index in [9.17, 15) is 13.2 Å². The molecule has 2 aromatic carbocycles. The highest BCUT2D eigenvalue weighted by molar-refractivity contribution is 9.10. The van der Waals surface area contributed by atoms with E-state index in [1.165, 1.54) is 10.4 Å². The van der Waals surface area contributed by atoms with Gasteiger partial charge in [-0.2, -0.15) is 4.31 Å². The van der Waals surface area contributed by atoms with Crippen molar-refractivity contribution >= 4 is 43.5 Å². The summed E-state index contributed by atoms with van der Waals surface area (Å²) in [6.07, 6.45) is -0.659. The van der Waals surface area contributed by atoms with Gasteiger partial charge in [0, 0.05) is 30.7 Å². The van der Waals surface area contributed by atoms with Crippen LogP contribution in [0.1, 0.15) is 6.92 Å². The molecule has 0 spiro atoms. The average molecular weight is 488 g/mol. The number of ether oxygens (including phenoxy) is 1. The first-order valence-electron chi connectivity index (χ1n) is 8.75. The van der Waals surface area contributed by atoms with Crippen LogP contribution >= 0.6 is 27.5 Å². The van der Waals surface area contributed by atoms with Crippen LogP contribution in [-0.4, -0.2) is 55.8 Å². The first-order valence-corrected chi connectivity index (χ1v) is 11.4. The lowest BCUT2D eigenvalue weighted by molar-refractivity contribution is -0.139. The smallest absolute Gasteiger partial charge is 0.263 e. The first kappa shape index (κ1) is 21.1. The molecule has 28 heavy (non-hydrogen) atoms. The molecule has 9 heteroatoms. The first-order chi connectivity index (χ1) is 13.3. The van der Waals surface area contributed by atoms with E-state index in [2.05, 4.69) is 15.9 Å². The van der Waals surface area contributed by atoms with Crippen LogP contribution in [0.25, 0.3) is 0 Å². The van der Waals surface area contributed by atoms with Crippen molar-refractivity contribution in [3.8, 4) is 5.75 Å². The van der Waals surface area contributed by atoms with Crippen LogP contribution in [-0.2, 0) is 14.8 Å². The molecular weight excluding hydrogens is 468 g/mol. The van der Waals surface area contributed by atoms with Crippen LogP contribution in [0.15, 0.2) is 57.9 Å². The third-order valence-electron chi connectivity index (χ3n) is 4.48. The molecule has 1 unspecified atom stereocenters. The van der Waals surface area contributed by atoms with Gasteiger partial charge in [-0.25, -0.2) is 8.42 Å². The maximum absolute atomic E-state index is 12.8. The highest BCUT2D eigenvalue weighted by Gasteiger charge is 2.32. The maximum Gasteiger partial charge on any atom is 0.263 e. The molecule has 0 bridgehead atoms. The van der Waals surface area contributed by atoms with Gasteiger partial charge in [-0.15, -0.1) is 0 Å². The van der Waals surface area contributed by atoms with Gasteiger partial charge < -0.3 is 9.64 Å². The van der Waals surface area contributed by atoms with Crippen LogP contribution in [0.3, 0.4) is 0 Å². The molecule has 1 atom stereocenters. The lowest BCUT2D eigenvalue weighted by atomic mass is 10.3. The lowest BCUT2D eigenvalue weighted by Gasteiger charge is -2.35. The maximum atomic E-state index is 12.8. The quantitative estimate of drug-likeness (QED) is 0.648. The van der Waals surface area contributed by atoms with Gasteiger partial charge in [0.25, 0.3) is 5.91 Å². The van der Waals surface area contributed by atoms with Crippen molar-refractivity contribution in [1.82, 2.24) is 9.21 Å². The molecule has 0 saturated carbocycles. The summed E-state index contributed by atoms with van der Waals surface area (Å²) in [4.78, 5) is 14.4. The zero-order valence-electron chi connectivity index (χ0n) is 15.2. The Labute approximate surface area is 178 Å². The second-order valence-electron chi connectivity index (χ2n) is 6.37. The van der Waals surface area contributed by atoms with E-state index in [1.807, 2.05) is 12.1 Å². The molecule has 1 fully saturated rings. The van der Waals surface area contributed by atoms with Crippen molar-refractivity contribution in [2.75, 3.05) is 26.2 Å². The normalized spacial score (nSPS) is 16.6. The van der Waals surface area contributed by atoms with Gasteiger partial charge >= 0.3 is 0 Å². The summed E-state index contributed by atoms with van der Waals surface area (Å²) in [5.74, 6) is 0.432. The van der Waals surface area contributed by atoms with E-state index >= 15 is 0 Å². The number of benzene rings is 2. The number of amides is 1. The SMILES string of the molecule is CC(Oc1ccc(Br)cc1)C(=O)N1CCN(S(=O)(=O)c2ccccc2Cl)CC1. The van der Waals surface area contributed by atoms with Gasteiger partial charge in [0.15, 0.2) is 6.10 Å². The molecule has 1 aliphatic rings. The Kier molecular flexibility index (Phi) is 6.65. The second kappa shape index (κ2) is 8.82. The third kappa shape index (κ3) is 4.68. The van der Waals surface area contributed by atoms with Gasteiger partial charge in [-0.05, 0) is 43.3 Å². The average Bonchev–Trinajstić information content (AvgIpc) is 2.69. The number of carbonyl (C=O) groups is 1.